The molecule has 1 aromatic carbocycles. The van der Waals surface area contributed by atoms with E-state index in [-0.39, 0.29) is 0 Å². The third kappa shape index (κ3) is 3.03. The van der Waals surface area contributed by atoms with Crippen LogP contribution in [0.2, 0.25) is 0 Å². The lowest BCUT2D eigenvalue weighted by atomic mass is 10.1. The fraction of sp³-hybridized carbons (Fsp3) is 0.350. The first-order valence-electron chi connectivity index (χ1n) is 8.90. The van der Waals surface area contributed by atoms with Crippen molar-refractivity contribution in [1.29, 1.82) is 0 Å². The Morgan fingerprint density at radius 3 is 2.27 bits per heavy atom. The maximum absolute atomic E-state index is 5.50. The molecule has 0 atom stereocenters. The summed E-state index contributed by atoms with van der Waals surface area (Å²) < 4.78 is 5.50. The lowest BCUT2D eigenvalue weighted by Gasteiger charge is -2.36. The van der Waals surface area contributed by atoms with E-state index < -0.39 is 0 Å². The summed E-state index contributed by atoms with van der Waals surface area (Å²) in [6, 6.07) is 12.3. The van der Waals surface area contributed by atoms with Crippen LogP contribution in [0.25, 0.3) is 10.9 Å². The van der Waals surface area contributed by atoms with Crippen LogP contribution in [0.5, 0.6) is 5.75 Å². The zero-order valence-electron chi connectivity index (χ0n) is 15.4. The highest BCUT2D eigenvalue weighted by molar-refractivity contribution is 5.88. The predicted molar refractivity (Wildman–Crippen MR) is 104 cm³/mol. The Hall–Kier alpha value is -2.89. The minimum atomic E-state index is 0.820. The SMILES string of the molecule is COc1cccc2c(C)cc(N3CCN(c4ccc(C)nn4)CC3)nc12. The van der Waals surface area contributed by atoms with E-state index in [4.69, 9.17) is 9.72 Å². The smallest absolute Gasteiger partial charge is 0.151 e. The summed E-state index contributed by atoms with van der Waals surface area (Å²) in [6.07, 6.45) is 0. The number of aryl methyl sites for hydroxylation is 2. The van der Waals surface area contributed by atoms with Gasteiger partial charge in [0.15, 0.2) is 5.82 Å². The van der Waals surface area contributed by atoms with Crippen molar-refractivity contribution < 1.29 is 4.74 Å². The van der Waals surface area contributed by atoms with E-state index in [1.165, 1.54) is 5.56 Å². The first-order chi connectivity index (χ1) is 12.7. The van der Waals surface area contributed by atoms with Gasteiger partial charge in [0, 0.05) is 31.6 Å². The number of fused-ring (bicyclic) bond motifs is 1. The number of piperazine rings is 1. The number of para-hydroxylation sites is 1. The predicted octanol–water partition coefficient (Wildman–Crippen LogP) is 2.98. The summed E-state index contributed by atoms with van der Waals surface area (Å²) in [5.74, 6) is 2.77. The molecule has 4 rings (SSSR count). The number of methoxy groups -OCH3 is 1. The van der Waals surface area contributed by atoms with Gasteiger partial charge in [-0.15, -0.1) is 5.10 Å². The molecule has 1 fully saturated rings. The molecule has 26 heavy (non-hydrogen) atoms. The van der Waals surface area contributed by atoms with Crippen molar-refractivity contribution in [2.45, 2.75) is 13.8 Å². The monoisotopic (exact) mass is 349 g/mol. The van der Waals surface area contributed by atoms with Gasteiger partial charge in [-0.25, -0.2) is 4.98 Å². The first kappa shape index (κ1) is 16.6. The van der Waals surface area contributed by atoms with Crippen LogP contribution in [0.4, 0.5) is 11.6 Å². The Kier molecular flexibility index (Phi) is 4.32. The second kappa shape index (κ2) is 6.78. The van der Waals surface area contributed by atoms with E-state index in [0.29, 0.717) is 0 Å². The second-order valence-corrected chi connectivity index (χ2v) is 6.66. The molecule has 0 N–H and O–H groups in total. The molecule has 0 unspecified atom stereocenters. The van der Waals surface area contributed by atoms with Crippen molar-refractivity contribution in [1.82, 2.24) is 15.2 Å². The van der Waals surface area contributed by atoms with E-state index in [1.54, 1.807) is 7.11 Å². The molecular weight excluding hydrogens is 326 g/mol. The van der Waals surface area contributed by atoms with Gasteiger partial charge >= 0.3 is 0 Å². The summed E-state index contributed by atoms with van der Waals surface area (Å²) in [7, 11) is 1.69. The Bertz CT molecular complexity index is 917. The van der Waals surface area contributed by atoms with Crippen LogP contribution in [0.3, 0.4) is 0 Å². The minimum Gasteiger partial charge on any atom is -0.494 e. The Morgan fingerprint density at radius 1 is 0.885 bits per heavy atom. The molecule has 1 saturated heterocycles. The fourth-order valence-corrected chi connectivity index (χ4v) is 3.43. The second-order valence-electron chi connectivity index (χ2n) is 6.66. The molecule has 134 valence electrons. The van der Waals surface area contributed by atoms with Gasteiger partial charge < -0.3 is 14.5 Å². The molecule has 6 nitrogen and oxygen atoms in total. The highest BCUT2D eigenvalue weighted by atomic mass is 16.5. The van der Waals surface area contributed by atoms with Crippen LogP contribution in [-0.2, 0) is 0 Å². The van der Waals surface area contributed by atoms with Gasteiger partial charge in [-0.05, 0) is 43.7 Å². The summed E-state index contributed by atoms with van der Waals surface area (Å²) in [4.78, 5) is 9.50. The summed E-state index contributed by atoms with van der Waals surface area (Å²) in [6.45, 7) is 7.71. The topological polar surface area (TPSA) is 54.4 Å². The normalized spacial score (nSPS) is 14.7. The summed E-state index contributed by atoms with van der Waals surface area (Å²) in [5.41, 5.74) is 3.09. The number of aromatic nitrogens is 3. The van der Waals surface area contributed by atoms with Gasteiger partial charge in [0.05, 0.1) is 12.8 Å². The number of pyridine rings is 1. The Labute approximate surface area is 153 Å². The fourth-order valence-electron chi connectivity index (χ4n) is 3.43. The van der Waals surface area contributed by atoms with Gasteiger partial charge in [-0.1, -0.05) is 12.1 Å². The molecule has 0 aliphatic carbocycles. The molecule has 1 aliphatic rings. The van der Waals surface area contributed by atoms with E-state index in [0.717, 1.165) is 60.2 Å². The quantitative estimate of drug-likeness (QED) is 0.725. The number of hydrogen-bond donors (Lipinski definition) is 0. The van der Waals surface area contributed by atoms with Crippen LogP contribution < -0.4 is 14.5 Å². The molecule has 1 aliphatic heterocycles. The van der Waals surface area contributed by atoms with Crippen molar-refractivity contribution in [2.75, 3.05) is 43.1 Å². The van der Waals surface area contributed by atoms with Crippen molar-refractivity contribution in [3.8, 4) is 5.75 Å². The van der Waals surface area contributed by atoms with Crippen molar-refractivity contribution in [2.24, 2.45) is 0 Å². The third-order valence-electron chi connectivity index (χ3n) is 4.93. The van der Waals surface area contributed by atoms with Crippen molar-refractivity contribution in [3.05, 3.63) is 47.7 Å². The number of rotatable bonds is 3. The molecule has 3 aromatic rings. The molecule has 0 spiro atoms. The molecule has 2 aromatic heterocycles. The number of nitrogens with zero attached hydrogens (tertiary/aromatic N) is 5. The molecule has 3 heterocycles. The lowest BCUT2D eigenvalue weighted by molar-refractivity contribution is 0.419. The molecule has 0 bridgehead atoms. The van der Waals surface area contributed by atoms with Crippen LogP contribution in [0, 0.1) is 13.8 Å². The molecule has 0 amide bonds. The molecular formula is C20H23N5O. The van der Waals surface area contributed by atoms with E-state index in [2.05, 4.69) is 39.1 Å². The zero-order valence-corrected chi connectivity index (χ0v) is 15.4. The Morgan fingerprint density at radius 2 is 1.62 bits per heavy atom. The standard InChI is InChI=1S/C20H23N5O/c1-14-13-19(21-20-16(14)5-4-6-17(20)26-3)25-11-9-24(10-12-25)18-8-7-15(2)22-23-18/h4-8,13H,9-12H2,1-3H3. The number of benzene rings is 1. The van der Waals surface area contributed by atoms with Gasteiger partial charge in [0.1, 0.15) is 17.1 Å². The Balaban J connectivity index is 1.56. The van der Waals surface area contributed by atoms with Gasteiger partial charge in [-0.3, -0.25) is 0 Å². The summed E-state index contributed by atoms with van der Waals surface area (Å²) in [5, 5.41) is 9.61. The number of ether oxygens (including phenoxy) is 1. The summed E-state index contributed by atoms with van der Waals surface area (Å²) >= 11 is 0. The largest absolute Gasteiger partial charge is 0.494 e. The van der Waals surface area contributed by atoms with Crippen LogP contribution in [0.15, 0.2) is 36.4 Å². The van der Waals surface area contributed by atoms with E-state index in [1.807, 2.05) is 31.2 Å². The third-order valence-corrected chi connectivity index (χ3v) is 4.93. The van der Waals surface area contributed by atoms with Gasteiger partial charge in [0.2, 0.25) is 0 Å². The van der Waals surface area contributed by atoms with E-state index in [9.17, 15) is 0 Å². The van der Waals surface area contributed by atoms with Gasteiger partial charge in [0.25, 0.3) is 0 Å². The highest BCUT2D eigenvalue weighted by Gasteiger charge is 2.20. The van der Waals surface area contributed by atoms with Crippen molar-refractivity contribution in [3.63, 3.8) is 0 Å². The van der Waals surface area contributed by atoms with Crippen LogP contribution in [0.1, 0.15) is 11.3 Å². The van der Waals surface area contributed by atoms with Crippen molar-refractivity contribution >= 4 is 22.5 Å². The number of hydrogen-bond acceptors (Lipinski definition) is 6. The molecule has 0 radical (unpaired) electrons. The zero-order chi connectivity index (χ0) is 18.1. The first-order valence-corrected chi connectivity index (χ1v) is 8.90. The average molecular weight is 349 g/mol. The average Bonchev–Trinajstić information content (AvgIpc) is 2.68. The maximum Gasteiger partial charge on any atom is 0.151 e. The van der Waals surface area contributed by atoms with E-state index >= 15 is 0 Å². The number of anilines is 2. The molecule has 6 heteroatoms. The maximum atomic E-state index is 5.50. The van der Waals surface area contributed by atoms with Gasteiger partial charge in [-0.2, -0.15) is 5.10 Å². The lowest BCUT2D eigenvalue weighted by Crippen LogP contribution is -2.47. The molecule has 0 saturated carbocycles. The minimum absolute atomic E-state index is 0.820. The van der Waals surface area contributed by atoms with Crippen LogP contribution in [-0.4, -0.2) is 48.5 Å². The highest BCUT2D eigenvalue weighted by Crippen LogP contribution is 2.29. The van der Waals surface area contributed by atoms with Crippen LogP contribution >= 0.6 is 0 Å².